The van der Waals surface area contributed by atoms with Gasteiger partial charge in [-0.2, -0.15) is 0 Å². The molecule has 0 aliphatic carbocycles. The van der Waals surface area contributed by atoms with Crippen molar-refractivity contribution in [1.29, 1.82) is 0 Å². The summed E-state index contributed by atoms with van der Waals surface area (Å²) in [6, 6.07) is 18.4. The van der Waals surface area contributed by atoms with E-state index in [1.54, 1.807) is 30.3 Å². The molecule has 5 rings (SSSR count). The van der Waals surface area contributed by atoms with Crippen LogP contribution < -0.4 is 15.4 Å². The maximum atomic E-state index is 13.2. The highest BCUT2D eigenvalue weighted by Gasteiger charge is 2.40. The number of hydrogen-bond donors (Lipinski definition) is 3. The second-order valence-electron chi connectivity index (χ2n) is 9.27. The minimum atomic E-state index is -3.74. The zero-order valence-electron chi connectivity index (χ0n) is 20.0. The second kappa shape index (κ2) is 9.02. The summed E-state index contributed by atoms with van der Waals surface area (Å²) >= 11 is 0. The predicted octanol–water partition coefficient (Wildman–Crippen LogP) is 4.71. The third kappa shape index (κ3) is 4.39. The van der Waals surface area contributed by atoms with Crippen molar-refractivity contribution >= 4 is 27.4 Å². The second-order valence-corrected chi connectivity index (χ2v) is 11.0. The molecule has 3 aromatic rings. The van der Waals surface area contributed by atoms with Gasteiger partial charge in [0.2, 0.25) is 0 Å². The Kier molecular flexibility index (Phi) is 6.02. The molecule has 182 valence electrons. The highest BCUT2D eigenvalue weighted by molar-refractivity contribution is 7.92. The number of carbonyl (C=O) groups excluding carboxylic acids is 1. The van der Waals surface area contributed by atoms with Crippen molar-refractivity contribution in [3.63, 3.8) is 0 Å². The molecule has 2 aliphatic heterocycles. The molecule has 0 spiro atoms. The van der Waals surface area contributed by atoms with E-state index in [9.17, 15) is 13.2 Å². The lowest BCUT2D eigenvalue weighted by atomic mass is 9.80. The zero-order chi connectivity index (χ0) is 24.7. The Morgan fingerprint density at radius 2 is 1.74 bits per heavy atom. The Morgan fingerprint density at radius 3 is 2.46 bits per heavy atom. The van der Waals surface area contributed by atoms with Crippen molar-refractivity contribution in [3.8, 4) is 0 Å². The Labute approximate surface area is 206 Å². The Bertz CT molecular complexity index is 1390. The van der Waals surface area contributed by atoms with Gasteiger partial charge in [0.15, 0.2) is 0 Å². The van der Waals surface area contributed by atoms with Crippen LogP contribution >= 0.6 is 0 Å². The van der Waals surface area contributed by atoms with Crippen LogP contribution in [0, 0.1) is 19.8 Å². The molecule has 35 heavy (non-hydrogen) atoms. The average Bonchev–Trinajstić information content (AvgIpc) is 3.35. The smallest absolute Gasteiger partial charge is 0.337 e. The van der Waals surface area contributed by atoms with E-state index in [2.05, 4.69) is 15.4 Å². The Morgan fingerprint density at radius 1 is 0.971 bits per heavy atom. The minimum Gasteiger partial charge on any atom is -0.465 e. The molecule has 2 unspecified atom stereocenters. The molecule has 2 aliphatic rings. The molecule has 0 radical (unpaired) electrons. The van der Waals surface area contributed by atoms with E-state index in [1.165, 1.54) is 7.11 Å². The number of methoxy groups -OCH3 is 1. The first-order chi connectivity index (χ1) is 16.8. The summed E-state index contributed by atoms with van der Waals surface area (Å²) < 4.78 is 33.9. The fourth-order valence-corrected chi connectivity index (χ4v) is 6.17. The largest absolute Gasteiger partial charge is 0.465 e. The molecule has 1 saturated heterocycles. The molecule has 0 bridgehead atoms. The van der Waals surface area contributed by atoms with Crippen LogP contribution in [0.2, 0.25) is 0 Å². The van der Waals surface area contributed by atoms with E-state index >= 15 is 0 Å². The number of carbonyl (C=O) groups is 1. The van der Waals surface area contributed by atoms with Crippen molar-refractivity contribution in [3.05, 3.63) is 88.5 Å². The number of anilines is 2. The minimum absolute atomic E-state index is 0.0355. The fraction of sp³-hybridized carbons (Fsp3) is 0.296. The number of aryl methyl sites for hydroxylation is 2. The summed E-state index contributed by atoms with van der Waals surface area (Å²) in [7, 11) is -2.36. The van der Waals surface area contributed by atoms with Gasteiger partial charge >= 0.3 is 5.97 Å². The zero-order valence-corrected chi connectivity index (χ0v) is 20.8. The highest BCUT2D eigenvalue weighted by atomic mass is 32.2. The summed E-state index contributed by atoms with van der Waals surface area (Å²) in [5, 5.41) is 7.18. The molecule has 2 heterocycles. The van der Waals surface area contributed by atoms with Gasteiger partial charge in [-0.3, -0.25) is 4.72 Å². The fourth-order valence-electron chi connectivity index (χ4n) is 5.09. The number of ether oxygens (including phenoxy) is 1. The molecular formula is C27H29N3O4S. The summed E-state index contributed by atoms with van der Waals surface area (Å²) in [5.41, 5.74) is 6.15. The van der Waals surface area contributed by atoms with Crippen molar-refractivity contribution < 1.29 is 17.9 Å². The predicted molar refractivity (Wildman–Crippen MR) is 136 cm³/mol. The molecular weight excluding hydrogens is 462 g/mol. The van der Waals surface area contributed by atoms with E-state index in [0.29, 0.717) is 11.3 Å². The van der Waals surface area contributed by atoms with Crippen molar-refractivity contribution in [2.45, 2.75) is 37.2 Å². The molecule has 0 saturated carbocycles. The van der Waals surface area contributed by atoms with Crippen LogP contribution in [0.15, 0.2) is 65.6 Å². The Balaban J connectivity index is 1.44. The van der Waals surface area contributed by atoms with Crippen LogP contribution in [0.1, 0.15) is 51.1 Å². The number of hydrogen-bond acceptors (Lipinski definition) is 6. The third-order valence-electron chi connectivity index (χ3n) is 7.13. The van der Waals surface area contributed by atoms with Crippen LogP contribution in [0.3, 0.4) is 0 Å². The number of sulfonamides is 1. The summed E-state index contributed by atoms with van der Waals surface area (Å²) in [6.07, 6.45) is 0.957. The van der Waals surface area contributed by atoms with Gasteiger partial charge in [0.05, 0.1) is 23.6 Å². The van der Waals surface area contributed by atoms with E-state index < -0.39 is 10.0 Å². The summed E-state index contributed by atoms with van der Waals surface area (Å²) in [6.45, 7) is 4.81. The first-order valence-electron chi connectivity index (χ1n) is 11.7. The summed E-state index contributed by atoms with van der Waals surface area (Å²) in [4.78, 5) is 12.0. The van der Waals surface area contributed by atoms with Gasteiger partial charge in [-0.1, -0.05) is 18.2 Å². The number of nitrogens with one attached hydrogen (secondary N) is 3. The topological polar surface area (TPSA) is 96.5 Å². The Hall–Kier alpha value is -3.36. The maximum Gasteiger partial charge on any atom is 0.337 e. The van der Waals surface area contributed by atoms with Crippen LogP contribution in [0.4, 0.5) is 11.4 Å². The quantitative estimate of drug-likeness (QED) is 0.448. The standard InChI is InChI=1S/C27H29N3O4S/c1-16-4-9-20(14-17(16)2)30-35(32,33)21-10-11-24-23(15-21)26-22(12-13-28-26)25(29-24)18-5-7-19(8-6-18)27(31)34-3/h4-11,14-15,22,25-26,28-30H,12-13H2,1-3H3/t22-,25?,26?/m0/s1. The molecule has 8 heteroatoms. The molecule has 1 fully saturated rings. The maximum absolute atomic E-state index is 13.2. The average molecular weight is 492 g/mol. The molecule has 7 nitrogen and oxygen atoms in total. The third-order valence-corrected chi connectivity index (χ3v) is 8.51. The van der Waals surface area contributed by atoms with Gasteiger partial charge in [0.25, 0.3) is 10.0 Å². The number of benzene rings is 3. The SMILES string of the molecule is COC(=O)c1ccc(C2Nc3ccc(S(=O)(=O)Nc4ccc(C)c(C)c4)cc3C3NCC[C@@H]23)cc1. The molecule has 0 amide bonds. The van der Waals surface area contributed by atoms with Crippen LogP contribution in [0.25, 0.3) is 0 Å². The molecule has 3 atom stereocenters. The van der Waals surface area contributed by atoms with Gasteiger partial charge in [-0.05, 0) is 91.5 Å². The van der Waals surface area contributed by atoms with Gasteiger partial charge in [0.1, 0.15) is 0 Å². The summed E-state index contributed by atoms with van der Waals surface area (Å²) in [5.74, 6) is -0.112. The van der Waals surface area contributed by atoms with E-state index in [-0.39, 0.29) is 28.9 Å². The van der Waals surface area contributed by atoms with Gasteiger partial charge in [-0.15, -0.1) is 0 Å². The van der Waals surface area contributed by atoms with E-state index in [0.717, 1.165) is 40.9 Å². The number of esters is 1. The lowest BCUT2D eigenvalue weighted by Gasteiger charge is -2.37. The van der Waals surface area contributed by atoms with Crippen LogP contribution in [-0.2, 0) is 14.8 Å². The van der Waals surface area contributed by atoms with E-state index in [1.807, 2.05) is 44.2 Å². The highest BCUT2D eigenvalue weighted by Crippen LogP contribution is 2.47. The van der Waals surface area contributed by atoms with Gasteiger partial charge < -0.3 is 15.4 Å². The van der Waals surface area contributed by atoms with Crippen LogP contribution in [0.5, 0.6) is 0 Å². The molecule has 0 aromatic heterocycles. The molecule has 3 aromatic carbocycles. The monoisotopic (exact) mass is 491 g/mol. The van der Waals surface area contributed by atoms with Crippen molar-refractivity contribution in [2.24, 2.45) is 5.92 Å². The number of fused-ring (bicyclic) bond motifs is 3. The van der Waals surface area contributed by atoms with Crippen LogP contribution in [-0.4, -0.2) is 28.0 Å². The first kappa shape index (κ1) is 23.4. The van der Waals surface area contributed by atoms with Crippen molar-refractivity contribution in [2.75, 3.05) is 23.7 Å². The lowest BCUT2D eigenvalue weighted by Crippen LogP contribution is -2.32. The van der Waals surface area contributed by atoms with E-state index in [4.69, 9.17) is 4.74 Å². The first-order valence-corrected chi connectivity index (χ1v) is 13.2. The lowest BCUT2D eigenvalue weighted by molar-refractivity contribution is 0.0600. The van der Waals surface area contributed by atoms with Gasteiger partial charge in [-0.25, -0.2) is 13.2 Å². The van der Waals surface area contributed by atoms with Crippen molar-refractivity contribution in [1.82, 2.24) is 5.32 Å². The molecule has 3 N–H and O–H groups in total. The number of rotatable bonds is 5. The van der Waals surface area contributed by atoms with Gasteiger partial charge in [0, 0.05) is 23.3 Å². The normalized spacial score (nSPS) is 20.9.